The van der Waals surface area contributed by atoms with Gasteiger partial charge in [-0.2, -0.15) is 0 Å². The monoisotopic (exact) mass is 250 g/mol. The molecule has 0 radical (unpaired) electrons. The van der Waals surface area contributed by atoms with Crippen molar-refractivity contribution in [3.05, 3.63) is 23.8 Å². The molecule has 0 saturated heterocycles. The fourth-order valence-electron chi connectivity index (χ4n) is 2.78. The lowest BCUT2D eigenvalue weighted by atomic mass is 9.88. The van der Waals surface area contributed by atoms with Gasteiger partial charge in [-0.1, -0.05) is 19.3 Å². The Morgan fingerprint density at radius 1 is 1.06 bits per heavy atom. The van der Waals surface area contributed by atoms with Crippen LogP contribution < -0.4 is 9.47 Å². The Hall–Kier alpha value is -1.22. The van der Waals surface area contributed by atoms with Crippen LogP contribution in [0.25, 0.3) is 0 Å². The summed E-state index contributed by atoms with van der Waals surface area (Å²) >= 11 is 0. The number of methoxy groups -OCH3 is 2. The van der Waals surface area contributed by atoms with Crippen LogP contribution in [0.3, 0.4) is 0 Å². The maximum absolute atomic E-state index is 10.3. The molecule has 1 aromatic rings. The minimum atomic E-state index is -0.270. The van der Waals surface area contributed by atoms with Gasteiger partial charge in [-0.05, 0) is 31.0 Å². The first kappa shape index (κ1) is 13.2. The molecule has 3 heteroatoms. The lowest BCUT2D eigenvalue weighted by Gasteiger charge is -2.23. The van der Waals surface area contributed by atoms with Crippen LogP contribution in [0, 0.1) is 0 Å². The van der Waals surface area contributed by atoms with E-state index >= 15 is 0 Å². The molecule has 18 heavy (non-hydrogen) atoms. The second-order valence-electron chi connectivity index (χ2n) is 4.92. The molecule has 0 bridgehead atoms. The molecule has 1 aromatic carbocycles. The smallest absolute Gasteiger partial charge is 0.122 e. The van der Waals surface area contributed by atoms with Crippen molar-refractivity contribution in [1.29, 1.82) is 0 Å². The topological polar surface area (TPSA) is 38.7 Å². The summed E-state index contributed by atoms with van der Waals surface area (Å²) in [6.07, 6.45) is 5.12. The molecule has 3 nitrogen and oxygen atoms in total. The van der Waals surface area contributed by atoms with Crippen LogP contribution in [0.4, 0.5) is 0 Å². The van der Waals surface area contributed by atoms with Crippen molar-refractivity contribution in [1.82, 2.24) is 0 Å². The largest absolute Gasteiger partial charge is 0.497 e. The van der Waals surface area contributed by atoms with Crippen LogP contribution in [0.15, 0.2) is 18.2 Å². The fraction of sp³-hybridized carbons (Fsp3) is 0.600. The van der Waals surface area contributed by atoms with Gasteiger partial charge in [0, 0.05) is 11.5 Å². The highest BCUT2D eigenvalue weighted by atomic mass is 16.5. The van der Waals surface area contributed by atoms with Crippen LogP contribution in [0.2, 0.25) is 0 Å². The number of aliphatic hydroxyl groups excluding tert-OH is 1. The molecule has 1 aliphatic rings. The standard InChI is InChI=1S/C15H22O3/c1-17-11-8-9-15(18-2)13(10-11)12-6-4-3-5-7-14(12)16/h8-10,12,14,16H,3-7H2,1-2H3. The maximum Gasteiger partial charge on any atom is 0.122 e. The van der Waals surface area contributed by atoms with Crippen LogP contribution in [-0.4, -0.2) is 25.4 Å². The first-order valence-electron chi connectivity index (χ1n) is 6.66. The van der Waals surface area contributed by atoms with E-state index in [1.807, 2.05) is 18.2 Å². The van der Waals surface area contributed by atoms with E-state index in [0.29, 0.717) is 0 Å². The summed E-state index contributed by atoms with van der Waals surface area (Å²) in [5.41, 5.74) is 1.08. The zero-order chi connectivity index (χ0) is 13.0. The second kappa shape index (κ2) is 6.10. The zero-order valence-corrected chi connectivity index (χ0v) is 11.2. The van der Waals surface area contributed by atoms with Gasteiger partial charge in [-0.25, -0.2) is 0 Å². The van der Waals surface area contributed by atoms with Gasteiger partial charge < -0.3 is 14.6 Å². The third kappa shape index (κ3) is 2.78. The number of hydrogen-bond donors (Lipinski definition) is 1. The Kier molecular flexibility index (Phi) is 4.48. The van der Waals surface area contributed by atoms with Crippen molar-refractivity contribution in [3.8, 4) is 11.5 Å². The second-order valence-corrected chi connectivity index (χ2v) is 4.92. The van der Waals surface area contributed by atoms with Crippen molar-refractivity contribution in [3.63, 3.8) is 0 Å². The summed E-state index contributed by atoms with van der Waals surface area (Å²) in [7, 11) is 3.34. The molecule has 1 saturated carbocycles. The average molecular weight is 250 g/mol. The number of ether oxygens (including phenoxy) is 2. The van der Waals surface area contributed by atoms with E-state index in [0.717, 1.165) is 36.3 Å². The fourth-order valence-corrected chi connectivity index (χ4v) is 2.78. The predicted molar refractivity (Wildman–Crippen MR) is 71.4 cm³/mol. The molecular formula is C15H22O3. The minimum Gasteiger partial charge on any atom is -0.497 e. The van der Waals surface area contributed by atoms with Gasteiger partial charge in [0.2, 0.25) is 0 Å². The molecule has 2 atom stereocenters. The summed E-state index contributed by atoms with van der Waals surface area (Å²) in [6, 6.07) is 5.81. The molecule has 100 valence electrons. The van der Waals surface area contributed by atoms with Crippen molar-refractivity contribution in [2.45, 2.75) is 44.1 Å². The number of aliphatic hydroxyl groups is 1. The van der Waals surface area contributed by atoms with Crippen molar-refractivity contribution in [2.24, 2.45) is 0 Å². The van der Waals surface area contributed by atoms with Gasteiger partial charge in [0.1, 0.15) is 11.5 Å². The normalized spacial score (nSPS) is 24.4. The van der Waals surface area contributed by atoms with Gasteiger partial charge in [0.25, 0.3) is 0 Å². The molecule has 0 spiro atoms. The third-order valence-electron chi connectivity index (χ3n) is 3.82. The summed E-state index contributed by atoms with van der Waals surface area (Å²) in [5.74, 6) is 1.83. The van der Waals surface area contributed by atoms with E-state index in [-0.39, 0.29) is 12.0 Å². The van der Waals surface area contributed by atoms with E-state index in [9.17, 15) is 5.11 Å². The Balaban J connectivity index is 2.33. The molecule has 1 N–H and O–H groups in total. The van der Waals surface area contributed by atoms with Crippen molar-refractivity contribution in [2.75, 3.05) is 14.2 Å². The van der Waals surface area contributed by atoms with E-state index in [4.69, 9.17) is 9.47 Å². The van der Waals surface area contributed by atoms with Gasteiger partial charge >= 0.3 is 0 Å². The molecule has 1 aliphatic carbocycles. The quantitative estimate of drug-likeness (QED) is 0.838. The summed E-state index contributed by atoms with van der Waals surface area (Å²) in [6.45, 7) is 0. The van der Waals surface area contributed by atoms with Gasteiger partial charge in [0.15, 0.2) is 0 Å². The average Bonchev–Trinajstić information content (AvgIpc) is 2.62. The Morgan fingerprint density at radius 2 is 1.83 bits per heavy atom. The molecule has 0 amide bonds. The van der Waals surface area contributed by atoms with Gasteiger partial charge in [0.05, 0.1) is 20.3 Å². The van der Waals surface area contributed by atoms with Crippen LogP contribution in [0.5, 0.6) is 11.5 Å². The first-order valence-corrected chi connectivity index (χ1v) is 6.66. The molecule has 0 aliphatic heterocycles. The van der Waals surface area contributed by atoms with E-state index in [1.54, 1.807) is 14.2 Å². The molecule has 0 aromatic heterocycles. The third-order valence-corrected chi connectivity index (χ3v) is 3.82. The van der Waals surface area contributed by atoms with E-state index < -0.39 is 0 Å². The minimum absolute atomic E-state index is 0.164. The Labute approximate surface area is 109 Å². The zero-order valence-electron chi connectivity index (χ0n) is 11.2. The highest BCUT2D eigenvalue weighted by Crippen LogP contribution is 2.38. The van der Waals surface area contributed by atoms with Gasteiger partial charge in [-0.3, -0.25) is 0 Å². The first-order chi connectivity index (χ1) is 8.76. The highest BCUT2D eigenvalue weighted by Gasteiger charge is 2.26. The van der Waals surface area contributed by atoms with Crippen molar-refractivity contribution >= 4 is 0 Å². The molecule has 2 unspecified atom stereocenters. The highest BCUT2D eigenvalue weighted by molar-refractivity contribution is 5.43. The number of rotatable bonds is 3. The molecule has 2 rings (SSSR count). The molecule has 1 fully saturated rings. The number of hydrogen-bond acceptors (Lipinski definition) is 3. The summed E-state index contributed by atoms with van der Waals surface area (Å²) in [5, 5.41) is 10.3. The molecular weight excluding hydrogens is 228 g/mol. The Morgan fingerprint density at radius 3 is 2.56 bits per heavy atom. The summed E-state index contributed by atoms with van der Waals surface area (Å²) in [4.78, 5) is 0. The van der Waals surface area contributed by atoms with Crippen LogP contribution >= 0.6 is 0 Å². The summed E-state index contributed by atoms with van der Waals surface area (Å²) < 4.78 is 10.7. The predicted octanol–water partition coefficient (Wildman–Crippen LogP) is 3.11. The molecule has 0 heterocycles. The van der Waals surface area contributed by atoms with Crippen molar-refractivity contribution < 1.29 is 14.6 Å². The Bertz CT molecular complexity index is 389. The van der Waals surface area contributed by atoms with E-state index in [2.05, 4.69) is 0 Å². The number of benzene rings is 1. The lowest BCUT2D eigenvalue weighted by molar-refractivity contribution is 0.134. The SMILES string of the molecule is COc1ccc(OC)c(C2CCCCCC2O)c1. The van der Waals surface area contributed by atoms with Crippen LogP contribution in [-0.2, 0) is 0 Å². The van der Waals surface area contributed by atoms with Gasteiger partial charge in [-0.15, -0.1) is 0 Å². The maximum atomic E-state index is 10.3. The van der Waals surface area contributed by atoms with Crippen LogP contribution in [0.1, 0.15) is 43.6 Å². The lowest BCUT2D eigenvalue weighted by Crippen LogP contribution is -2.17. The van der Waals surface area contributed by atoms with E-state index in [1.165, 1.54) is 12.8 Å².